The van der Waals surface area contributed by atoms with E-state index in [-0.39, 0.29) is 12.0 Å². The highest BCUT2D eigenvalue weighted by Crippen LogP contribution is 2.33. The van der Waals surface area contributed by atoms with E-state index in [1.165, 1.54) is 9.71 Å². The van der Waals surface area contributed by atoms with Gasteiger partial charge in [-0.3, -0.25) is 4.79 Å². The Morgan fingerprint density at radius 3 is 3.00 bits per heavy atom. The summed E-state index contributed by atoms with van der Waals surface area (Å²) in [6.45, 7) is 2.38. The molecule has 5 heteroatoms. The van der Waals surface area contributed by atoms with Crippen LogP contribution < -0.4 is 0 Å². The predicted octanol–water partition coefficient (Wildman–Crippen LogP) is 3.18. The molecule has 0 N–H and O–H groups in total. The summed E-state index contributed by atoms with van der Waals surface area (Å²) in [5.41, 5.74) is 1.07. The molecule has 1 amide bonds. The molecular formula is C17H20N2O2S. The molecule has 0 radical (unpaired) electrons. The smallest absolute Gasteiger partial charge is 0.251 e. The number of hydrogen-bond donors (Lipinski definition) is 0. The second kappa shape index (κ2) is 5.97. The van der Waals surface area contributed by atoms with E-state index >= 15 is 0 Å². The van der Waals surface area contributed by atoms with Crippen LogP contribution in [0, 0.1) is 0 Å². The van der Waals surface area contributed by atoms with Gasteiger partial charge in [-0.05, 0) is 37.8 Å². The zero-order valence-electron chi connectivity index (χ0n) is 12.5. The Morgan fingerprint density at radius 1 is 1.27 bits per heavy atom. The van der Waals surface area contributed by atoms with Gasteiger partial charge >= 0.3 is 0 Å². The van der Waals surface area contributed by atoms with Crippen LogP contribution in [0.2, 0.25) is 0 Å². The number of ether oxygens (including phenoxy) is 1. The van der Waals surface area contributed by atoms with Gasteiger partial charge in [0.15, 0.2) is 0 Å². The Morgan fingerprint density at radius 2 is 2.18 bits per heavy atom. The van der Waals surface area contributed by atoms with E-state index in [9.17, 15) is 4.79 Å². The van der Waals surface area contributed by atoms with Crippen LogP contribution in [0.4, 0.5) is 0 Å². The molecule has 3 heterocycles. The predicted molar refractivity (Wildman–Crippen MR) is 87.1 cm³/mol. The second-order valence-corrected chi connectivity index (χ2v) is 7.21. The van der Waals surface area contributed by atoms with E-state index in [0.29, 0.717) is 5.92 Å². The van der Waals surface area contributed by atoms with Crippen molar-refractivity contribution in [2.45, 2.75) is 37.7 Å². The average molecular weight is 316 g/mol. The number of nitrogens with zero attached hydrogens (tertiary/aromatic N) is 2. The van der Waals surface area contributed by atoms with Gasteiger partial charge in [0.2, 0.25) is 0 Å². The third-order valence-corrected chi connectivity index (χ3v) is 5.80. The Balaban J connectivity index is 1.51. The molecule has 4 rings (SSSR count). The first kappa shape index (κ1) is 14.2. The lowest BCUT2D eigenvalue weighted by Gasteiger charge is -2.33. The number of carbonyl (C=O) groups is 1. The van der Waals surface area contributed by atoms with Gasteiger partial charge in [-0.1, -0.05) is 12.1 Å². The summed E-state index contributed by atoms with van der Waals surface area (Å²) >= 11 is 1.77. The van der Waals surface area contributed by atoms with Crippen LogP contribution >= 0.6 is 11.3 Å². The molecule has 2 aliphatic heterocycles. The molecule has 2 saturated heterocycles. The van der Waals surface area contributed by atoms with Crippen LogP contribution in [0.1, 0.15) is 36.6 Å². The SMILES string of the molecule is O=C([C@H]1CCCO1)N1CCC[C@H](c2nc3ccccc3s2)C1. The number of carbonyl (C=O) groups excluding carboxylic acids is 1. The largest absolute Gasteiger partial charge is 0.368 e. The highest BCUT2D eigenvalue weighted by Gasteiger charge is 2.32. The number of fused-ring (bicyclic) bond motifs is 1. The van der Waals surface area contributed by atoms with Gasteiger partial charge in [0.05, 0.1) is 15.2 Å². The van der Waals surface area contributed by atoms with Gasteiger partial charge in [0.25, 0.3) is 5.91 Å². The number of para-hydroxylation sites is 1. The summed E-state index contributed by atoms with van der Waals surface area (Å²) < 4.78 is 6.79. The molecule has 2 aliphatic rings. The van der Waals surface area contributed by atoms with E-state index in [2.05, 4.69) is 18.2 Å². The fourth-order valence-electron chi connectivity index (χ4n) is 3.42. The zero-order valence-corrected chi connectivity index (χ0v) is 13.3. The van der Waals surface area contributed by atoms with Crippen molar-refractivity contribution in [3.05, 3.63) is 29.3 Å². The first-order valence-corrected chi connectivity index (χ1v) is 8.89. The van der Waals surface area contributed by atoms with Crippen LogP contribution in [0.15, 0.2) is 24.3 Å². The highest BCUT2D eigenvalue weighted by molar-refractivity contribution is 7.18. The molecule has 22 heavy (non-hydrogen) atoms. The number of rotatable bonds is 2. The minimum atomic E-state index is -0.200. The zero-order chi connectivity index (χ0) is 14.9. The average Bonchev–Trinajstić information content (AvgIpc) is 3.23. The van der Waals surface area contributed by atoms with Crippen molar-refractivity contribution in [2.75, 3.05) is 19.7 Å². The van der Waals surface area contributed by atoms with Gasteiger partial charge < -0.3 is 9.64 Å². The number of piperidine rings is 1. The minimum absolute atomic E-state index is 0.184. The monoisotopic (exact) mass is 316 g/mol. The van der Waals surface area contributed by atoms with E-state index in [0.717, 1.165) is 50.9 Å². The first-order valence-electron chi connectivity index (χ1n) is 8.07. The molecule has 2 atom stereocenters. The van der Waals surface area contributed by atoms with Gasteiger partial charge in [0.1, 0.15) is 6.10 Å². The number of benzene rings is 1. The molecule has 116 valence electrons. The second-order valence-electron chi connectivity index (χ2n) is 6.14. The summed E-state index contributed by atoms with van der Waals surface area (Å²) in [6, 6.07) is 8.26. The Kier molecular flexibility index (Phi) is 3.84. The molecule has 2 fully saturated rings. The summed E-state index contributed by atoms with van der Waals surface area (Å²) in [4.78, 5) is 19.3. The molecule has 0 bridgehead atoms. The number of aromatic nitrogens is 1. The van der Waals surface area contributed by atoms with E-state index in [4.69, 9.17) is 9.72 Å². The van der Waals surface area contributed by atoms with Crippen LogP contribution in [0.3, 0.4) is 0 Å². The summed E-state index contributed by atoms with van der Waals surface area (Å²) in [5, 5.41) is 1.17. The topological polar surface area (TPSA) is 42.4 Å². The highest BCUT2D eigenvalue weighted by atomic mass is 32.1. The molecule has 0 saturated carbocycles. The standard InChI is InChI=1S/C17H20N2O2S/c20-17(14-7-4-10-21-14)19-9-3-5-12(11-19)16-18-13-6-1-2-8-15(13)22-16/h1-2,6,8,12,14H,3-5,7,9-11H2/t12-,14+/m0/s1. The van der Waals surface area contributed by atoms with Gasteiger partial charge in [0, 0.05) is 25.6 Å². The van der Waals surface area contributed by atoms with Gasteiger partial charge in [-0.25, -0.2) is 4.98 Å². The molecule has 1 aromatic carbocycles. The van der Waals surface area contributed by atoms with Crippen molar-refractivity contribution in [1.82, 2.24) is 9.88 Å². The Hall–Kier alpha value is -1.46. The van der Waals surface area contributed by atoms with Gasteiger partial charge in [-0.15, -0.1) is 11.3 Å². The fourth-order valence-corrected chi connectivity index (χ4v) is 4.51. The Bertz CT molecular complexity index is 645. The number of thiazole rings is 1. The van der Waals surface area contributed by atoms with E-state index in [1.807, 2.05) is 11.0 Å². The van der Waals surface area contributed by atoms with Crippen molar-refractivity contribution < 1.29 is 9.53 Å². The normalized spacial score (nSPS) is 25.7. The Labute approximate surface area is 134 Å². The van der Waals surface area contributed by atoms with Crippen molar-refractivity contribution in [3.8, 4) is 0 Å². The quantitative estimate of drug-likeness (QED) is 0.854. The van der Waals surface area contributed by atoms with Crippen molar-refractivity contribution in [1.29, 1.82) is 0 Å². The maximum atomic E-state index is 12.5. The molecule has 4 nitrogen and oxygen atoms in total. The first-order chi connectivity index (χ1) is 10.8. The lowest BCUT2D eigenvalue weighted by molar-refractivity contribution is -0.142. The van der Waals surface area contributed by atoms with Crippen molar-refractivity contribution >= 4 is 27.5 Å². The van der Waals surface area contributed by atoms with Crippen molar-refractivity contribution in [2.24, 2.45) is 0 Å². The lowest BCUT2D eigenvalue weighted by Crippen LogP contribution is -2.44. The van der Waals surface area contributed by atoms with Crippen LogP contribution in [0.25, 0.3) is 10.2 Å². The molecule has 2 aromatic rings. The molecule has 0 unspecified atom stereocenters. The van der Waals surface area contributed by atoms with Crippen LogP contribution in [-0.2, 0) is 9.53 Å². The third-order valence-electron chi connectivity index (χ3n) is 4.60. The molecule has 0 spiro atoms. The maximum absolute atomic E-state index is 12.5. The number of likely N-dealkylation sites (tertiary alicyclic amines) is 1. The fraction of sp³-hybridized carbons (Fsp3) is 0.529. The summed E-state index contributed by atoms with van der Waals surface area (Å²) in [7, 11) is 0. The van der Waals surface area contributed by atoms with Crippen LogP contribution in [-0.4, -0.2) is 41.6 Å². The summed E-state index contributed by atoms with van der Waals surface area (Å²) in [6.07, 6.45) is 3.86. The maximum Gasteiger partial charge on any atom is 0.251 e. The molecule has 0 aliphatic carbocycles. The van der Waals surface area contributed by atoms with Crippen LogP contribution in [0.5, 0.6) is 0 Å². The van der Waals surface area contributed by atoms with Gasteiger partial charge in [-0.2, -0.15) is 0 Å². The minimum Gasteiger partial charge on any atom is -0.368 e. The van der Waals surface area contributed by atoms with E-state index in [1.54, 1.807) is 11.3 Å². The number of hydrogen-bond acceptors (Lipinski definition) is 4. The van der Waals surface area contributed by atoms with E-state index < -0.39 is 0 Å². The third kappa shape index (κ3) is 2.63. The number of amides is 1. The molecule has 1 aromatic heterocycles. The lowest BCUT2D eigenvalue weighted by atomic mass is 9.98. The van der Waals surface area contributed by atoms with Crippen molar-refractivity contribution in [3.63, 3.8) is 0 Å². The summed E-state index contributed by atoms with van der Waals surface area (Å²) in [5.74, 6) is 0.555. The molecular weight excluding hydrogens is 296 g/mol.